The lowest BCUT2D eigenvalue weighted by Gasteiger charge is -2.26. The summed E-state index contributed by atoms with van der Waals surface area (Å²) in [6, 6.07) is 0. The maximum absolute atomic E-state index is 13.4. The van der Waals surface area contributed by atoms with Crippen LogP contribution in [0, 0.1) is 11.8 Å². The molecule has 0 aromatic heterocycles. The molecule has 10 nitrogen and oxygen atoms in total. The number of allylic oxidation sites excluding steroid dienone is 11. The first-order valence-electron chi connectivity index (χ1n) is 15.4. The summed E-state index contributed by atoms with van der Waals surface area (Å²) in [4.78, 5) is 40.6. The van der Waals surface area contributed by atoms with Crippen LogP contribution in [0.4, 0.5) is 0 Å². The summed E-state index contributed by atoms with van der Waals surface area (Å²) in [6.45, 7) is 13.9. The largest absolute Gasteiger partial charge is 0.507 e. The number of fused-ring (bicyclic) bond motifs is 5. The number of carbonyl (C=O) groups excluding carboxylic acids is 2. The highest BCUT2D eigenvalue weighted by Crippen LogP contribution is 2.50. The van der Waals surface area contributed by atoms with Crippen LogP contribution in [0.1, 0.15) is 53.9 Å². The van der Waals surface area contributed by atoms with Gasteiger partial charge in [0.05, 0.1) is 48.4 Å². The number of hydrogen-bond acceptors (Lipinski definition) is 10. The monoisotopic (exact) mass is 622 g/mol. The summed E-state index contributed by atoms with van der Waals surface area (Å²) in [5.74, 6) is -2.57. The molecule has 6 aliphatic rings. The van der Waals surface area contributed by atoms with Crippen LogP contribution in [0.25, 0.3) is 0 Å². The highest BCUT2D eigenvalue weighted by molar-refractivity contribution is 6.26. The lowest BCUT2D eigenvalue weighted by atomic mass is 9.83. The molecule has 5 aliphatic heterocycles. The van der Waals surface area contributed by atoms with Gasteiger partial charge in [-0.05, 0) is 74.1 Å². The van der Waals surface area contributed by atoms with Gasteiger partial charge >= 0.3 is 11.9 Å². The minimum atomic E-state index is -2.52. The number of ether oxygens (including phenoxy) is 2. The normalized spacial score (nSPS) is 26.6. The van der Waals surface area contributed by atoms with Gasteiger partial charge in [-0.15, -0.1) is 0 Å². The average molecular weight is 623 g/mol. The van der Waals surface area contributed by atoms with Crippen molar-refractivity contribution in [2.75, 3.05) is 14.2 Å². The molecular formula is C36H38N4O6. The molecule has 10 heteroatoms. The molecule has 1 saturated heterocycles. The molecule has 0 spiro atoms. The van der Waals surface area contributed by atoms with Gasteiger partial charge in [0.2, 0.25) is 5.60 Å². The molecule has 238 valence electrons. The molecule has 0 unspecified atom stereocenters. The Morgan fingerprint density at radius 3 is 2.37 bits per heavy atom. The van der Waals surface area contributed by atoms with Crippen LogP contribution in [-0.2, 0) is 19.1 Å². The van der Waals surface area contributed by atoms with Gasteiger partial charge in [0.1, 0.15) is 0 Å². The smallest absolute Gasteiger partial charge is 0.350 e. The summed E-state index contributed by atoms with van der Waals surface area (Å²) in [5.41, 5.74) is 7.41. The Morgan fingerprint density at radius 2 is 1.72 bits per heavy atom. The van der Waals surface area contributed by atoms with E-state index in [0.29, 0.717) is 23.4 Å². The minimum absolute atomic E-state index is 0.0975. The van der Waals surface area contributed by atoms with Crippen LogP contribution in [-0.4, -0.2) is 59.1 Å². The Bertz CT molecular complexity index is 1890. The van der Waals surface area contributed by atoms with E-state index in [4.69, 9.17) is 24.5 Å². The van der Waals surface area contributed by atoms with Crippen molar-refractivity contribution in [3.8, 4) is 0 Å². The Labute approximate surface area is 268 Å². The predicted octanol–water partition coefficient (Wildman–Crippen LogP) is 5.31. The first-order valence-corrected chi connectivity index (χ1v) is 15.4. The highest BCUT2D eigenvalue weighted by Gasteiger charge is 2.59. The van der Waals surface area contributed by atoms with E-state index in [2.05, 4.69) is 18.8 Å². The molecule has 0 aromatic rings. The van der Waals surface area contributed by atoms with Gasteiger partial charge in [-0.3, -0.25) is 4.79 Å². The molecule has 0 radical (unpaired) electrons. The number of methoxy groups -OCH3 is 2. The number of nitrogens with one attached hydrogen (secondary N) is 1. The number of aliphatic hydroxyl groups excluding tert-OH is 1. The highest BCUT2D eigenvalue weighted by atomic mass is 16.5. The molecule has 1 fully saturated rings. The average Bonchev–Trinajstić information content (AvgIpc) is 3.76. The van der Waals surface area contributed by atoms with Crippen LogP contribution in [0.5, 0.6) is 0 Å². The van der Waals surface area contributed by atoms with E-state index in [1.165, 1.54) is 7.11 Å². The van der Waals surface area contributed by atoms with E-state index in [0.717, 1.165) is 64.3 Å². The number of hydrogen-bond donors (Lipinski definition) is 3. The maximum Gasteiger partial charge on any atom is 0.350 e. The summed E-state index contributed by atoms with van der Waals surface area (Å²) in [7, 11) is 2.49. The van der Waals surface area contributed by atoms with Crippen molar-refractivity contribution in [3.05, 3.63) is 104 Å². The van der Waals surface area contributed by atoms with Crippen LogP contribution in [0.15, 0.2) is 119 Å². The fourth-order valence-corrected chi connectivity index (χ4v) is 7.18. The summed E-state index contributed by atoms with van der Waals surface area (Å²) in [5, 5.41) is 27.2. The van der Waals surface area contributed by atoms with Gasteiger partial charge in [0.15, 0.2) is 5.76 Å². The van der Waals surface area contributed by atoms with E-state index in [1.54, 1.807) is 13.0 Å². The molecule has 0 amide bonds. The molecule has 46 heavy (non-hydrogen) atoms. The van der Waals surface area contributed by atoms with Crippen LogP contribution < -0.4 is 5.32 Å². The molecule has 0 saturated carbocycles. The lowest BCUT2D eigenvalue weighted by molar-refractivity contribution is -0.156. The molecule has 5 heterocycles. The molecule has 1 aliphatic carbocycles. The van der Waals surface area contributed by atoms with E-state index in [1.807, 2.05) is 39.0 Å². The first-order chi connectivity index (χ1) is 21.9. The number of aliphatic imine (C=N–C) groups is 3. The van der Waals surface area contributed by atoms with E-state index >= 15 is 0 Å². The zero-order chi connectivity index (χ0) is 33.2. The van der Waals surface area contributed by atoms with Crippen molar-refractivity contribution in [3.63, 3.8) is 0 Å². The quantitative estimate of drug-likeness (QED) is 0.341. The predicted molar refractivity (Wildman–Crippen MR) is 176 cm³/mol. The van der Waals surface area contributed by atoms with Gasteiger partial charge in [0.25, 0.3) is 0 Å². The molecule has 3 atom stereocenters. The third kappa shape index (κ3) is 4.38. The van der Waals surface area contributed by atoms with E-state index < -0.39 is 17.3 Å². The second-order valence-corrected chi connectivity index (χ2v) is 12.2. The maximum atomic E-state index is 13.4. The van der Waals surface area contributed by atoms with Crippen LogP contribution in [0.3, 0.4) is 0 Å². The van der Waals surface area contributed by atoms with E-state index in [9.17, 15) is 19.8 Å². The number of nitrogens with zero attached hydrogens (tertiary/aromatic N) is 3. The number of rotatable bonds is 6. The summed E-state index contributed by atoms with van der Waals surface area (Å²) in [6.07, 6.45) is 8.77. The molecule has 6 rings (SSSR count). The Kier molecular flexibility index (Phi) is 7.59. The van der Waals surface area contributed by atoms with E-state index in [-0.39, 0.29) is 41.1 Å². The van der Waals surface area contributed by atoms with Gasteiger partial charge in [-0.1, -0.05) is 26.5 Å². The standard InChI is InChI=1S/C36H38N4O6/c1-9-20-16(3)23-13-25-18(5)22(11-12-29(41)45-7)32(39-25)31-33-30(34(42)36(31,44)35(43)46-8)19(6)26(40-33)15-28-21(10-2)17(4)24(38-28)14-27(20)37-23/h9,13-15,18,22,39,42,44H,1,10-12H2,2-8H3/t18-,22-,36-/m0/s1. The van der Waals surface area contributed by atoms with Gasteiger partial charge in [-0.2, -0.15) is 0 Å². The van der Waals surface area contributed by atoms with Crippen molar-refractivity contribution < 1.29 is 29.3 Å². The number of carbonyl (C=O) groups is 2. The van der Waals surface area contributed by atoms with Crippen molar-refractivity contribution in [1.29, 1.82) is 0 Å². The van der Waals surface area contributed by atoms with Gasteiger partial charge in [0, 0.05) is 46.4 Å². The van der Waals surface area contributed by atoms with Crippen molar-refractivity contribution in [2.24, 2.45) is 26.8 Å². The van der Waals surface area contributed by atoms with Crippen molar-refractivity contribution >= 4 is 29.1 Å². The fourth-order valence-electron chi connectivity index (χ4n) is 7.18. The lowest BCUT2D eigenvalue weighted by Crippen LogP contribution is -2.44. The molecule has 0 aromatic carbocycles. The molecular weight excluding hydrogens is 584 g/mol. The molecule has 3 N–H and O–H groups in total. The zero-order valence-electron chi connectivity index (χ0n) is 27.2. The van der Waals surface area contributed by atoms with Crippen LogP contribution in [0.2, 0.25) is 0 Å². The minimum Gasteiger partial charge on any atom is -0.507 e. The second-order valence-electron chi connectivity index (χ2n) is 12.2. The number of esters is 2. The van der Waals surface area contributed by atoms with Gasteiger partial charge in [-0.25, -0.2) is 19.8 Å². The third-order valence-corrected chi connectivity index (χ3v) is 9.88. The van der Waals surface area contributed by atoms with Crippen molar-refractivity contribution in [1.82, 2.24) is 5.32 Å². The Balaban J connectivity index is 1.69. The number of aliphatic hydroxyl groups is 2. The third-order valence-electron chi connectivity index (χ3n) is 9.88. The topological polar surface area (TPSA) is 142 Å². The fraction of sp³-hybridized carbons (Fsp3) is 0.361. The molecule has 8 bridgehead atoms. The van der Waals surface area contributed by atoms with Crippen molar-refractivity contribution in [2.45, 2.75) is 59.5 Å². The Hall–Kier alpha value is -4.83. The Morgan fingerprint density at radius 1 is 1.02 bits per heavy atom. The zero-order valence-corrected chi connectivity index (χ0v) is 27.2. The second kappa shape index (κ2) is 11.2. The SMILES string of the molecule is C=CC1=C(C)C2=NC1=CC1=NC(=CC3=C(C)C4=C(O)[C@](O)(C(=O)OC)C(=C5NC(=C2)[C@@H](C)[C@@H]5CCC(=O)OC)C4=N3)C(CC)=C1C. The summed E-state index contributed by atoms with van der Waals surface area (Å²) >= 11 is 0. The summed E-state index contributed by atoms with van der Waals surface area (Å²) < 4.78 is 10.0. The van der Waals surface area contributed by atoms with Crippen LogP contribution >= 0.6 is 0 Å². The van der Waals surface area contributed by atoms with Gasteiger partial charge < -0.3 is 25.0 Å². The first kappa shape index (κ1) is 31.2.